The molecule has 0 saturated carbocycles. The zero-order valence-corrected chi connectivity index (χ0v) is 18.0. The minimum absolute atomic E-state index is 0.146. The first-order valence-corrected chi connectivity index (χ1v) is 10.4. The number of benzene rings is 3. The number of hydrogen-bond acceptors (Lipinski definition) is 6. The van der Waals surface area contributed by atoms with Gasteiger partial charge < -0.3 is 23.7 Å². The van der Waals surface area contributed by atoms with Gasteiger partial charge in [0.2, 0.25) is 5.78 Å². The second kappa shape index (κ2) is 8.57. The maximum atomic E-state index is 12.9. The highest BCUT2D eigenvalue weighted by molar-refractivity contribution is 6.31. The van der Waals surface area contributed by atoms with E-state index in [1.807, 2.05) is 24.3 Å². The van der Waals surface area contributed by atoms with Gasteiger partial charge in [0.1, 0.15) is 29.6 Å². The Morgan fingerprint density at radius 1 is 1.12 bits per heavy atom. The molecular formula is C25H19ClO6. The molecule has 0 amide bonds. The molecule has 0 atom stereocenters. The van der Waals surface area contributed by atoms with Crippen LogP contribution in [0.3, 0.4) is 0 Å². The van der Waals surface area contributed by atoms with Crippen molar-refractivity contribution in [2.45, 2.75) is 13.2 Å². The van der Waals surface area contributed by atoms with Crippen molar-refractivity contribution in [3.8, 4) is 23.0 Å². The standard InChI is InChI=1S/C25H19ClO6/c1-28-21-5-3-2-4-15(21)13-30-19-6-7-20-22(11-19)32-23(24(20)27)10-16-8-18(26)9-17-12-29-14-31-25(16)17/h2-11H,12-14H2,1H3. The number of para-hydroxylation sites is 1. The van der Waals surface area contributed by atoms with E-state index in [0.717, 1.165) is 16.9 Å². The Bertz CT molecular complexity index is 1230. The van der Waals surface area contributed by atoms with Gasteiger partial charge in [0.05, 0.1) is 19.3 Å². The average molecular weight is 451 g/mol. The van der Waals surface area contributed by atoms with Crippen LogP contribution in [0.25, 0.3) is 6.08 Å². The van der Waals surface area contributed by atoms with Crippen LogP contribution in [0.5, 0.6) is 23.0 Å². The molecule has 0 saturated heterocycles. The van der Waals surface area contributed by atoms with E-state index < -0.39 is 0 Å². The Morgan fingerprint density at radius 2 is 2.00 bits per heavy atom. The van der Waals surface area contributed by atoms with Crippen molar-refractivity contribution in [3.63, 3.8) is 0 Å². The van der Waals surface area contributed by atoms with E-state index in [2.05, 4.69) is 0 Å². The summed E-state index contributed by atoms with van der Waals surface area (Å²) in [5.41, 5.74) is 2.88. The number of fused-ring (bicyclic) bond motifs is 2. The van der Waals surface area contributed by atoms with Crippen molar-refractivity contribution in [2.75, 3.05) is 13.9 Å². The number of ketones is 1. The first-order chi connectivity index (χ1) is 15.6. The summed E-state index contributed by atoms with van der Waals surface area (Å²) in [6.07, 6.45) is 1.65. The second-order valence-corrected chi connectivity index (χ2v) is 7.73. The summed E-state index contributed by atoms with van der Waals surface area (Å²) >= 11 is 6.23. The summed E-state index contributed by atoms with van der Waals surface area (Å²) in [6, 6.07) is 16.3. The van der Waals surface area contributed by atoms with Crippen LogP contribution in [0.2, 0.25) is 5.02 Å². The van der Waals surface area contributed by atoms with Gasteiger partial charge >= 0.3 is 0 Å². The largest absolute Gasteiger partial charge is 0.496 e. The van der Waals surface area contributed by atoms with E-state index in [9.17, 15) is 4.79 Å². The Morgan fingerprint density at radius 3 is 2.88 bits per heavy atom. The lowest BCUT2D eigenvalue weighted by Crippen LogP contribution is -2.12. The molecule has 6 nitrogen and oxygen atoms in total. The maximum Gasteiger partial charge on any atom is 0.231 e. The van der Waals surface area contributed by atoms with Gasteiger partial charge in [0.15, 0.2) is 12.6 Å². The number of methoxy groups -OCH3 is 1. The highest BCUT2D eigenvalue weighted by atomic mass is 35.5. The molecule has 0 N–H and O–H groups in total. The topological polar surface area (TPSA) is 63.2 Å². The molecule has 0 unspecified atom stereocenters. The monoisotopic (exact) mass is 450 g/mol. The zero-order valence-electron chi connectivity index (χ0n) is 17.2. The van der Waals surface area contributed by atoms with Crippen LogP contribution in [0.4, 0.5) is 0 Å². The minimum atomic E-state index is -0.211. The Hall–Kier alpha value is -3.48. The fourth-order valence-corrected chi connectivity index (χ4v) is 3.95. The molecule has 0 bridgehead atoms. The number of rotatable bonds is 5. The molecule has 2 aliphatic rings. The molecule has 0 aromatic heterocycles. The van der Waals surface area contributed by atoms with Gasteiger partial charge in [-0.25, -0.2) is 0 Å². The van der Waals surface area contributed by atoms with Crippen molar-refractivity contribution in [1.29, 1.82) is 0 Å². The summed E-state index contributed by atoms with van der Waals surface area (Å²) in [5.74, 6) is 2.41. The van der Waals surface area contributed by atoms with E-state index in [1.165, 1.54) is 0 Å². The minimum Gasteiger partial charge on any atom is -0.496 e. The quantitative estimate of drug-likeness (QED) is 0.484. The number of carbonyl (C=O) groups is 1. The van der Waals surface area contributed by atoms with Gasteiger partial charge in [-0.15, -0.1) is 0 Å². The Balaban J connectivity index is 1.38. The molecule has 0 spiro atoms. The highest BCUT2D eigenvalue weighted by Crippen LogP contribution is 2.38. The SMILES string of the molecule is COc1ccccc1COc1ccc2c(c1)OC(=Cc1cc(Cl)cc3c1OCOC3)C2=O. The second-order valence-electron chi connectivity index (χ2n) is 7.29. The normalized spacial score (nSPS) is 15.6. The van der Waals surface area contributed by atoms with Gasteiger partial charge in [-0.1, -0.05) is 29.8 Å². The Kier molecular flexibility index (Phi) is 5.47. The first kappa shape index (κ1) is 20.4. The maximum absolute atomic E-state index is 12.9. The van der Waals surface area contributed by atoms with Gasteiger partial charge in [0.25, 0.3) is 0 Å². The van der Waals surface area contributed by atoms with Gasteiger partial charge in [-0.3, -0.25) is 4.79 Å². The predicted molar refractivity (Wildman–Crippen MR) is 118 cm³/mol. The molecule has 3 aromatic carbocycles. The number of hydrogen-bond donors (Lipinski definition) is 0. The van der Waals surface area contributed by atoms with Crippen LogP contribution in [-0.2, 0) is 18.0 Å². The van der Waals surface area contributed by atoms with E-state index in [0.29, 0.717) is 46.6 Å². The number of ether oxygens (including phenoxy) is 5. The molecule has 3 aromatic rings. The lowest BCUT2D eigenvalue weighted by molar-refractivity contribution is -0.0165. The highest BCUT2D eigenvalue weighted by Gasteiger charge is 2.29. The van der Waals surface area contributed by atoms with Crippen molar-refractivity contribution in [2.24, 2.45) is 0 Å². The molecule has 0 aliphatic carbocycles. The van der Waals surface area contributed by atoms with Crippen LogP contribution in [0.1, 0.15) is 27.0 Å². The molecule has 32 heavy (non-hydrogen) atoms. The fraction of sp³-hybridized carbons (Fsp3) is 0.160. The van der Waals surface area contributed by atoms with E-state index in [4.69, 9.17) is 35.3 Å². The predicted octanol–water partition coefficient (Wildman–Crippen LogP) is 5.41. The average Bonchev–Trinajstić information content (AvgIpc) is 3.12. The van der Waals surface area contributed by atoms with Gasteiger partial charge in [0, 0.05) is 27.8 Å². The number of Topliss-reactive ketones (excluding diaryl/α,β-unsaturated/α-hetero) is 1. The van der Waals surface area contributed by atoms with Crippen molar-refractivity contribution < 1.29 is 28.5 Å². The van der Waals surface area contributed by atoms with Gasteiger partial charge in [-0.05, 0) is 36.4 Å². The van der Waals surface area contributed by atoms with Crippen molar-refractivity contribution >= 4 is 23.5 Å². The summed E-state index contributed by atoms with van der Waals surface area (Å²) in [4.78, 5) is 12.9. The van der Waals surface area contributed by atoms with E-state index in [1.54, 1.807) is 43.5 Å². The molecular weight excluding hydrogens is 432 g/mol. The van der Waals surface area contributed by atoms with Crippen LogP contribution >= 0.6 is 11.6 Å². The van der Waals surface area contributed by atoms with Crippen LogP contribution < -0.4 is 18.9 Å². The number of allylic oxidation sites excluding steroid dienone is 1. The Labute approximate surface area is 189 Å². The molecule has 0 fully saturated rings. The number of halogens is 1. The number of carbonyl (C=O) groups excluding carboxylic acids is 1. The summed E-state index contributed by atoms with van der Waals surface area (Å²) in [5, 5.41) is 0.527. The third kappa shape index (κ3) is 3.90. The van der Waals surface area contributed by atoms with Gasteiger partial charge in [-0.2, -0.15) is 0 Å². The first-order valence-electron chi connectivity index (χ1n) is 9.98. The summed E-state index contributed by atoms with van der Waals surface area (Å²) < 4.78 is 28.1. The molecule has 0 radical (unpaired) electrons. The molecule has 5 rings (SSSR count). The molecule has 7 heteroatoms. The van der Waals surface area contributed by atoms with Crippen LogP contribution in [0, 0.1) is 0 Å². The molecule has 162 valence electrons. The van der Waals surface area contributed by atoms with E-state index >= 15 is 0 Å². The lowest BCUT2D eigenvalue weighted by Gasteiger charge is -2.20. The molecule has 2 aliphatic heterocycles. The van der Waals surface area contributed by atoms with Crippen molar-refractivity contribution in [1.82, 2.24) is 0 Å². The van der Waals surface area contributed by atoms with Crippen molar-refractivity contribution in [3.05, 3.63) is 87.6 Å². The smallest absolute Gasteiger partial charge is 0.231 e. The van der Waals surface area contributed by atoms with Crippen LogP contribution in [0.15, 0.2) is 60.4 Å². The summed E-state index contributed by atoms with van der Waals surface area (Å²) in [7, 11) is 1.62. The molecule has 2 heterocycles. The van der Waals surface area contributed by atoms with Crippen LogP contribution in [-0.4, -0.2) is 19.7 Å². The van der Waals surface area contributed by atoms with E-state index in [-0.39, 0.29) is 18.3 Å². The fourth-order valence-electron chi connectivity index (χ4n) is 3.70. The zero-order chi connectivity index (χ0) is 22.1. The lowest BCUT2D eigenvalue weighted by atomic mass is 10.1. The third-order valence-electron chi connectivity index (χ3n) is 5.22. The summed E-state index contributed by atoms with van der Waals surface area (Å²) in [6.45, 7) is 0.869. The third-order valence-corrected chi connectivity index (χ3v) is 5.44.